The normalized spacial score (nSPS) is 14.0. The highest BCUT2D eigenvalue weighted by atomic mass is 127. The molecule has 2 aromatic rings. The van der Waals surface area contributed by atoms with E-state index in [1.54, 1.807) is 21.3 Å². The van der Waals surface area contributed by atoms with Crippen LogP contribution in [-0.2, 0) is 6.42 Å². The molecule has 31 heavy (non-hydrogen) atoms. The molecule has 0 unspecified atom stereocenters. The molecule has 0 aliphatic carbocycles. The first-order valence-corrected chi connectivity index (χ1v) is 10.2. The summed E-state index contributed by atoms with van der Waals surface area (Å²) in [7, 11) is 6.84. The monoisotopic (exact) mass is 540 g/mol. The molecule has 3 rings (SSSR count). The fourth-order valence-corrected chi connectivity index (χ4v) is 3.66. The summed E-state index contributed by atoms with van der Waals surface area (Å²) < 4.78 is 15.9. The van der Waals surface area contributed by atoms with Crippen LogP contribution in [0.2, 0.25) is 0 Å². The van der Waals surface area contributed by atoms with Crippen LogP contribution in [0.3, 0.4) is 0 Å². The van der Waals surface area contributed by atoms with E-state index in [9.17, 15) is 0 Å². The molecule has 1 heterocycles. The van der Waals surface area contributed by atoms with E-state index in [-0.39, 0.29) is 24.0 Å². The van der Waals surface area contributed by atoms with Crippen LogP contribution in [0.1, 0.15) is 5.56 Å². The van der Waals surface area contributed by atoms with Gasteiger partial charge in [-0.05, 0) is 48.4 Å². The van der Waals surface area contributed by atoms with Gasteiger partial charge in [-0.1, -0.05) is 6.07 Å². The third kappa shape index (κ3) is 6.56. The number of anilines is 1. The summed E-state index contributed by atoms with van der Waals surface area (Å²) in [6, 6.07) is 14.3. The number of methoxy groups -OCH3 is 3. The summed E-state index contributed by atoms with van der Waals surface area (Å²) in [5.41, 5.74) is 2.42. The minimum absolute atomic E-state index is 0. The number of piperazine rings is 1. The highest BCUT2D eigenvalue weighted by molar-refractivity contribution is 14.0. The van der Waals surface area contributed by atoms with Crippen LogP contribution >= 0.6 is 24.0 Å². The Morgan fingerprint density at radius 3 is 2.16 bits per heavy atom. The smallest absolute Gasteiger partial charge is 0.193 e. The lowest BCUT2D eigenvalue weighted by Crippen LogP contribution is -2.52. The van der Waals surface area contributed by atoms with Gasteiger partial charge in [0, 0.05) is 45.5 Å². The minimum atomic E-state index is 0. The van der Waals surface area contributed by atoms with E-state index in [1.165, 1.54) is 11.3 Å². The Bertz CT molecular complexity index is 837. The van der Waals surface area contributed by atoms with Gasteiger partial charge in [-0.3, -0.25) is 4.99 Å². The van der Waals surface area contributed by atoms with Crippen molar-refractivity contribution in [1.82, 2.24) is 10.2 Å². The largest absolute Gasteiger partial charge is 0.497 e. The molecule has 0 aromatic heterocycles. The van der Waals surface area contributed by atoms with Gasteiger partial charge in [0.25, 0.3) is 0 Å². The van der Waals surface area contributed by atoms with Crippen molar-refractivity contribution < 1.29 is 14.2 Å². The maximum atomic E-state index is 5.39. The number of nitrogens with zero attached hydrogens (tertiary/aromatic N) is 3. The van der Waals surface area contributed by atoms with Crippen LogP contribution in [0.5, 0.6) is 17.2 Å². The highest BCUT2D eigenvalue weighted by Gasteiger charge is 2.19. The minimum Gasteiger partial charge on any atom is -0.497 e. The molecule has 1 aliphatic heterocycles. The molecule has 0 atom stereocenters. The molecule has 1 aliphatic rings. The van der Waals surface area contributed by atoms with Gasteiger partial charge in [0.1, 0.15) is 5.75 Å². The summed E-state index contributed by atoms with van der Waals surface area (Å²) >= 11 is 0. The lowest BCUT2D eigenvalue weighted by molar-refractivity contribution is 0.354. The first-order chi connectivity index (χ1) is 14.7. The molecular formula is C23H33IN4O3. The fourth-order valence-electron chi connectivity index (χ4n) is 3.66. The summed E-state index contributed by atoms with van der Waals surface area (Å²) in [5, 5.41) is 3.49. The van der Waals surface area contributed by atoms with Crippen molar-refractivity contribution in [3.63, 3.8) is 0 Å². The van der Waals surface area contributed by atoms with E-state index in [4.69, 9.17) is 14.2 Å². The van der Waals surface area contributed by atoms with Gasteiger partial charge in [-0.25, -0.2) is 0 Å². The van der Waals surface area contributed by atoms with Crippen LogP contribution in [0, 0.1) is 0 Å². The summed E-state index contributed by atoms with van der Waals surface area (Å²) in [6.45, 7) is 4.59. The number of aliphatic imine (C=N–C) groups is 1. The second kappa shape index (κ2) is 12.5. The molecule has 2 aromatic carbocycles. The van der Waals surface area contributed by atoms with Gasteiger partial charge < -0.3 is 29.3 Å². The molecule has 1 saturated heterocycles. The van der Waals surface area contributed by atoms with Crippen LogP contribution in [0.25, 0.3) is 0 Å². The average molecular weight is 540 g/mol. The quantitative estimate of drug-likeness (QED) is 0.331. The zero-order valence-corrected chi connectivity index (χ0v) is 21.1. The Kier molecular flexibility index (Phi) is 10.0. The summed E-state index contributed by atoms with van der Waals surface area (Å²) in [5.74, 6) is 3.34. The molecule has 0 bridgehead atoms. The zero-order valence-electron chi connectivity index (χ0n) is 18.8. The number of rotatable bonds is 7. The van der Waals surface area contributed by atoms with Crippen molar-refractivity contribution >= 4 is 35.6 Å². The van der Waals surface area contributed by atoms with E-state index in [0.29, 0.717) is 0 Å². The summed E-state index contributed by atoms with van der Waals surface area (Å²) in [4.78, 5) is 9.19. The molecule has 8 heteroatoms. The molecule has 1 fully saturated rings. The van der Waals surface area contributed by atoms with Crippen molar-refractivity contribution in [3.8, 4) is 17.2 Å². The van der Waals surface area contributed by atoms with Crippen LogP contribution < -0.4 is 24.4 Å². The lowest BCUT2D eigenvalue weighted by atomic mass is 10.1. The van der Waals surface area contributed by atoms with Crippen molar-refractivity contribution in [2.75, 3.05) is 66.0 Å². The molecular weight excluding hydrogens is 507 g/mol. The molecule has 7 nitrogen and oxygen atoms in total. The Hall–Kier alpha value is -2.36. The number of hydrogen-bond acceptors (Lipinski definition) is 5. The molecule has 0 spiro atoms. The molecule has 1 N–H and O–H groups in total. The number of guanidine groups is 1. The number of ether oxygens (including phenoxy) is 3. The lowest BCUT2D eigenvalue weighted by Gasteiger charge is -2.37. The van der Waals surface area contributed by atoms with Gasteiger partial charge in [0.05, 0.1) is 21.3 Å². The number of benzene rings is 2. The SMILES string of the molecule is CN=C(NCCc1ccc(OC)c(OC)c1)N1CCN(c2ccc(OC)cc2)CC1.I. The third-order valence-corrected chi connectivity index (χ3v) is 5.37. The van der Waals surface area contributed by atoms with E-state index in [0.717, 1.165) is 62.4 Å². The van der Waals surface area contributed by atoms with E-state index in [2.05, 4.69) is 38.3 Å². The molecule has 0 radical (unpaired) electrons. The molecule has 170 valence electrons. The Morgan fingerprint density at radius 2 is 1.58 bits per heavy atom. The Morgan fingerprint density at radius 1 is 0.903 bits per heavy atom. The second-order valence-corrected chi connectivity index (χ2v) is 7.09. The van der Waals surface area contributed by atoms with E-state index in [1.807, 2.05) is 31.3 Å². The molecule has 0 amide bonds. The highest BCUT2D eigenvalue weighted by Crippen LogP contribution is 2.27. The first-order valence-electron chi connectivity index (χ1n) is 10.2. The maximum absolute atomic E-state index is 5.39. The zero-order chi connectivity index (χ0) is 21.3. The van der Waals surface area contributed by atoms with Crippen LogP contribution in [0.15, 0.2) is 47.5 Å². The van der Waals surface area contributed by atoms with Gasteiger partial charge in [-0.2, -0.15) is 0 Å². The predicted octanol–water partition coefficient (Wildman–Crippen LogP) is 3.27. The Labute approximate surface area is 202 Å². The second-order valence-electron chi connectivity index (χ2n) is 7.09. The Balaban J connectivity index is 0.00000341. The number of halogens is 1. The summed E-state index contributed by atoms with van der Waals surface area (Å²) in [6.07, 6.45) is 0.880. The standard InChI is InChI=1S/C23H32N4O3.HI/c1-24-23(25-12-11-18-5-10-21(29-3)22(17-18)30-4)27-15-13-26(14-16-27)19-6-8-20(28-2)9-7-19;/h5-10,17H,11-16H2,1-4H3,(H,24,25);1H. The molecule has 0 saturated carbocycles. The topological polar surface area (TPSA) is 58.6 Å². The van der Waals surface area contributed by atoms with Crippen LogP contribution in [0.4, 0.5) is 5.69 Å². The number of hydrogen-bond donors (Lipinski definition) is 1. The first kappa shape index (κ1) is 24.9. The van der Waals surface area contributed by atoms with Crippen LogP contribution in [-0.4, -0.2) is 72.0 Å². The average Bonchev–Trinajstić information content (AvgIpc) is 2.82. The maximum Gasteiger partial charge on any atom is 0.193 e. The number of nitrogens with one attached hydrogen (secondary N) is 1. The van der Waals surface area contributed by atoms with E-state index < -0.39 is 0 Å². The van der Waals surface area contributed by atoms with E-state index >= 15 is 0 Å². The van der Waals surface area contributed by atoms with Gasteiger partial charge >= 0.3 is 0 Å². The van der Waals surface area contributed by atoms with Crippen molar-refractivity contribution in [2.24, 2.45) is 4.99 Å². The van der Waals surface area contributed by atoms with Crippen molar-refractivity contribution in [2.45, 2.75) is 6.42 Å². The van der Waals surface area contributed by atoms with Gasteiger partial charge in [-0.15, -0.1) is 24.0 Å². The fraction of sp³-hybridized carbons (Fsp3) is 0.435. The van der Waals surface area contributed by atoms with Gasteiger partial charge in [0.15, 0.2) is 17.5 Å². The van der Waals surface area contributed by atoms with Crippen molar-refractivity contribution in [1.29, 1.82) is 0 Å². The van der Waals surface area contributed by atoms with Gasteiger partial charge in [0.2, 0.25) is 0 Å². The van der Waals surface area contributed by atoms with Crippen molar-refractivity contribution in [3.05, 3.63) is 48.0 Å². The third-order valence-electron chi connectivity index (χ3n) is 5.37. The predicted molar refractivity (Wildman–Crippen MR) is 137 cm³/mol.